The molecule has 0 spiro atoms. The fraction of sp³-hybridized carbons (Fsp3) is 0.514. The summed E-state index contributed by atoms with van der Waals surface area (Å²) < 4.78 is 7.45. The van der Waals surface area contributed by atoms with Crippen molar-refractivity contribution in [1.82, 2.24) is 19.3 Å². The Morgan fingerprint density at radius 3 is 2.29 bits per heavy atom. The second-order valence-corrected chi connectivity index (χ2v) is 14.3. The average molecular weight is 675 g/mol. The van der Waals surface area contributed by atoms with Crippen molar-refractivity contribution in [2.75, 3.05) is 52.2 Å². The quantitative estimate of drug-likeness (QED) is 0.286. The predicted octanol–water partition coefficient (Wildman–Crippen LogP) is 4.43. The van der Waals surface area contributed by atoms with Crippen molar-refractivity contribution in [2.24, 2.45) is 12.8 Å². The molecule has 1 atom stereocenters. The second kappa shape index (κ2) is 14.2. The summed E-state index contributed by atoms with van der Waals surface area (Å²) in [6.45, 7) is 12.0. The number of nitrogens with two attached hydrogens (primary N) is 1. The molecule has 4 N–H and O–H groups in total. The third-order valence-corrected chi connectivity index (χ3v) is 9.93. The number of methoxy groups -OCH3 is 1. The first-order valence-electron chi connectivity index (χ1n) is 17.1. The molecule has 1 aromatic heterocycles. The van der Waals surface area contributed by atoms with Crippen LogP contribution in [0.5, 0.6) is 5.75 Å². The van der Waals surface area contributed by atoms with Crippen LogP contribution in [0.4, 0.5) is 5.69 Å². The van der Waals surface area contributed by atoms with E-state index in [0.717, 1.165) is 30.5 Å². The number of carboxylic acid groups (broad SMARTS) is 1. The van der Waals surface area contributed by atoms with Crippen molar-refractivity contribution in [3.63, 3.8) is 0 Å². The molecule has 1 unspecified atom stereocenters. The lowest BCUT2D eigenvalue weighted by molar-refractivity contribution is -0.137. The predicted molar refractivity (Wildman–Crippen MR) is 190 cm³/mol. The lowest BCUT2D eigenvalue weighted by atomic mass is 9.79. The molecule has 2 saturated heterocycles. The molecule has 264 valence electrons. The second-order valence-electron chi connectivity index (χ2n) is 14.3. The summed E-state index contributed by atoms with van der Waals surface area (Å²) in [5.41, 5.74) is 8.83. The molecule has 2 aliphatic heterocycles. The molecule has 3 amide bonds. The van der Waals surface area contributed by atoms with Crippen LogP contribution in [-0.4, -0.2) is 101 Å². The molecule has 0 radical (unpaired) electrons. The van der Waals surface area contributed by atoms with Gasteiger partial charge in [-0.05, 0) is 55.5 Å². The number of carbonyl (C=O) groups excluding carboxylic acids is 3. The van der Waals surface area contributed by atoms with E-state index >= 15 is 0 Å². The number of carbonyl (C=O) groups is 4. The van der Waals surface area contributed by atoms with Crippen LogP contribution in [-0.2, 0) is 28.6 Å². The van der Waals surface area contributed by atoms with Gasteiger partial charge in [0.2, 0.25) is 11.8 Å². The Kier molecular flexibility index (Phi) is 10.4. The lowest BCUT2D eigenvalue weighted by Gasteiger charge is -2.37. The van der Waals surface area contributed by atoms with Gasteiger partial charge in [-0.25, -0.2) is 4.79 Å². The number of benzene rings is 2. The summed E-state index contributed by atoms with van der Waals surface area (Å²) in [6, 6.07) is 7.44. The van der Waals surface area contributed by atoms with E-state index in [4.69, 9.17) is 10.5 Å². The number of aromatic carboxylic acids is 1. The Labute approximate surface area is 288 Å². The first-order valence-corrected chi connectivity index (χ1v) is 17.1. The highest BCUT2D eigenvalue weighted by Gasteiger charge is 2.35. The van der Waals surface area contributed by atoms with Crippen LogP contribution >= 0.6 is 0 Å². The third kappa shape index (κ3) is 6.89. The van der Waals surface area contributed by atoms with Crippen LogP contribution in [0.2, 0.25) is 0 Å². The lowest BCUT2D eigenvalue weighted by Crippen LogP contribution is -2.52. The topological polar surface area (TPSA) is 150 Å². The molecule has 0 aliphatic carbocycles. The van der Waals surface area contributed by atoms with Gasteiger partial charge in [0.05, 0.1) is 29.9 Å². The molecule has 2 aromatic carbocycles. The van der Waals surface area contributed by atoms with E-state index in [-0.39, 0.29) is 47.0 Å². The normalized spacial score (nSPS) is 17.4. The number of fused-ring (bicyclic) bond motifs is 1. The molecular formula is C37H50N6O6. The number of ether oxygens (including phenoxy) is 1. The number of aryl methyl sites for hydroxylation is 1. The monoisotopic (exact) mass is 674 g/mol. The molecule has 12 heteroatoms. The Morgan fingerprint density at radius 2 is 1.73 bits per heavy atom. The van der Waals surface area contributed by atoms with Crippen molar-refractivity contribution in [3.05, 3.63) is 46.6 Å². The highest BCUT2D eigenvalue weighted by Crippen LogP contribution is 2.49. The summed E-state index contributed by atoms with van der Waals surface area (Å²) in [6.07, 6.45) is 2.75. The van der Waals surface area contributed by atoms with E-state index in [2.05, 4.69) is 15.1 Å². The van der Waals surface area contributed by atoms with Crippen LogP contribution in [0.25, 0.3) is 22.0 Å². The average Bonchev–Trinajstić information content (AvgIpc) is 3.60. The van der Waals surface area contributed by atoms with Gasteiger partial charge in [-0.3, -0.25) is 24.2 Å². The number of para-hydroxylation sites is 1. The number of hydrogen-bond donors (Lipinski definition) is 3. The molecular weight excluding hydrogens is 624 g/mol. The minimum absolute atomic E-state index is 0.0400. The van der Waals surface area contributed by atoms with Crippen molar-refractivity contribution in [1.29, 1.82) is 0 Å². The van der Waals surface area contributed by atoms with E-state index < -0.39 is 17.3 Å². The van der Waals surface area contributed by atoms with Gasteiger partial charge in [0, 0.05) is 62.7 Å². The summed E-state index contributed by atoms with van der Waals surface area (Å²) in [5.74, 6) is -1.86. The van der Waals surface area contributed by atoms with Gasteiger partial charge in [0.15, 0.2) is 5.75 Å². The van der Waals surface area contributed by atoms with Gasteiger partial charge in [0.25, 0.3) is 5.91 Å². The number of carboxylic acids is 1. The highest BCUT2D eigenvalue weighted by atomic mass is 16.5. The summed E-state index contributed by atoms with van der Waals surface area (Å²) in [4.78, 5) is 58.7. The molecule has 2 aliphatic rings. The number of hydrogen-bond acceptors (Lipinski definition) is 7. The number of nitrogens with one attached hydrogen (secondary N) is 1. The number of rotatable bonds is 10. The molecule has 49 heavy (non-hydrogen) atoms. The largest absolute Gasteiger partial charge is 0.494 e. The smallest absolute Gasteiger partial charge is 0.353 e. The number of nitrogens with zero attached hydrogens (tertiary/aromatic N) is 4. The van der Waals surface area contributed by atoms with Gasteiger partial charge in [-0.1, -0.05) is 45.9 Å². The van der Waals surface area contributed by atoms with Gasteiger partial charge < -0.3 is 30.4 Å². The van der Waals surface area contributed by atoms with Crippen LogP contribution in [0.1, 0.15) is 85.4 Å². The Hall–Kier alpha value is -4.42. The fourth-order valence-electron chi connectivity index (χ4n) is 7.49. The van der Waals surface area contributed by atoms with Gasteiger partial charge in [-0.2, -0.15) is 0 Å². The number of likely N-dealkylation sites (N-methyl/N-ethyl adjacent to an activating group) is 1. The molecule has 12 nitrogen and oxygen atoms in total. The summed E-state index contributed by atoms with van der Waals surface area (Å²) in [5, 5.41) is 14.4. The van der Waals surface area contributed by atoms with E-state index in [1.54, 1.807) is 17.7 Å². The molecule has 0 saturated carbocycles. The molecule has 3 heterocycles. The van der Waals surface area contributed by atoms with E-state index in [1.807, 2.05) is 57.8 Å². The summed E-state index contributed by atoms with van der Waals surface area (Å²) >= 11 is 0. The Balaban J connectivity index is 1.65. The molecule has 3 aromatic rings. The van der Waals surface area contributed by atoms with Crippen LogP contribution < -0.4 is 15.8 Å². The van der Waals surface area contributed by atoms with E-state index in [9.17, 15) is 24.3 Å². The number of piperazine rings is 1. The van der Waals surface area contributed by atoms with Crippen molar-refractivity contribution >= 4 is 40.3 Å². The molecule has 2 fully saturated rings. The number of primary amides is 1. The first-order chi connectivity index (χ1) is 23.2. The SMILES string of the molecule is CCCC(=O)Nc1c(OC)c(C(N)=O)cc(C(C)(C)C)c1-c1c(C(=O)O)n(C)c2c(CN3CCN(C(=O)C4CCCN4C)CC3)cccc12. The van der Waals surface area contributed by atoms with Crippen LogP contribution in [0.15, 0.2) is 24.3 Å². The Bertz CT molecular complexity index is 1780. The van der Waals surface area contributed by atoms with Crippen LogP contribution in [0, 0.1) is 0 Å². The van der Waals surface area contributed by atoms with Gasteiger partial charge in [-0.15, -0.1) is 0 Å². The zero-order valence-corrected chi connectivity index (χ0v) is 29.8. The fourth-order valence-corrected chi connectivity index (χ4v) is 7.49. The molecule has 0 bridgehead atoms. The highest BCUT2D eigenvalue weighted by molar-refractivity contribution is 6.14. The zero-order chi connectivity index (χ0) is 35.8. The number of amides is 3. The van der Waals surface area contributed by atoms with E-state index in [0.29, 0.717) is 61.2 Å². The maximum absolute atomic E-state index is 13.2. The summed E-state index contributed by atoms with van der Waals surface area (Å²) in [7, 11) is 5.16. The third-order valence-electron chi connectivity index (χ3n) is 9.93. The van der Waals surface area contributed by atoms with Crippen molar-refractivity contribution in [3.8, 4) is 16.9 Å². The maximum atomic E-state index is 13.2. The van der Waals surface area contributed by atoms with Crippen molar-refractivity contribution < 1.29 is 29.0 Å². The number of anilines is 1. The zero-order valence-electron chi connectivity index (χ0n) is 29.8. The minimum atomic E-state index is -1.13. The standard InChI is InChI=1S/C37H50N6O6/c1-8-11-27(44)39-30-29(25(37(2,3)4)20-24(34(38)45)33(30)49-7)28-23-13-9-12-22(31(23)41(6)32(28)36(47)48)21-42-16-18-43(19-17-42)35(46)26-14-10-15-40(26)5/h9,12-13,20,26H,8,10-11,14-19,21H2,1-7H3,(H2,38,45)(H,39,44)(H,47,48). The number of aromatic nitrogens is 1. The van der Waals surface area contributed by atoms with Crippen molar-refractivity contribution in [2.45, 2.75) is 71.4 Å². The van der Waals surface area contributed by atoms with Crippen LogP contribution in [0.3, 0.4) is 0 Å². The minimum Gasteiger partial charge on any atom is -0.494 e. The maximum Gasteiger partial charge on any atom is 0.353 e. The first kappa shape index (κ1) is 35.9. The molecule has 5 rings (SSSR count). The Morgan fingerprint density at radius 1 is 1.04 bits per heavy atom. The van der Waals surface area contributed by atoms with Gasteiger partial charge >= 0.3 is 5.97 Å². The van der Waals surface area contributed by atoms with E-state index in [1.165, 1.54) is 7.11 Å². The van der Waals surface area contributed by atoms with Gasteiger partial charge in [0.1, 0.15) is 5.69 Å². The number of likely N-dealkylation sites (tertiary alicyclic amines) is 1.